The first-order valence-corrected chi connectivity index (χ1v) is 4.37. The highest BCUT2D eigenvalue weighted by molar-refractivity contribution is 8.01. The van der Waals surface area contributed by atoms with Gasteiger partial charge in [-0.2, -0.15) is 8.78 Å². The first-order valence-electron chi connectivity index (χ1n) is 2.52. The number of alkyl halides is 2. The monoisotopic (exact) mass is 156 g/mol. The number of rotatable bonds is 2. The number of halogens is 2. The molecule has 0 saturated heterocycles. The van der Waals surface area contributed by atoms with Gasteiger partial charge in [-0.05, 0) is 5.87 Å². The second kappa shape index (κ2) is 2.64. The topological polar surface area (TPSA) is 17.1 Å². The third-order valence-electron chi connectivity index (χ3n) is 1.10. The lowest BCUT2D eigenvalue weighted by Crippen LogP contribution is -2.20. The second-order valence-electron chi connectivity index (χ2n) is 2.09. The zero-order valence-electron chi connectivity index (χ0n) is 5.43. The molecular weight excluding hydrogens is 146 g/mol. The molecule has 0 rings (SSSR count). The summed E-state index contributed by atoms with van der Waals surface area (Å²) in [7, 11) is -3.15. The van der Waals surface area contributed by atoms with Crippen molar-refractivity contribution < 1.29 is 13.0 Å². The fourth-order valence-corrected chi connectivity index (χ4v) is 0.617. The highest BCUT2D eigenvalue weighted by Crippen LogP contribution is 2.10. The van der Waals surface area contributed by atoms with Crippen LogP contribution in [0.5, 0.6) is 0 Å². The second-order valence-corrected chi connectivity index (χ2v) is 4.95. The standard InChI is InChI=1S/C5H10F2OS/c1-4(2)9(3,8)5(6)7/h4-5H,3H2,1-2H3. The SMILES string of the molecule is C=S(=O)(C(C)C)C(F)F. The minimum atomic E-state index is -3.15. The maximum Gasteiger partial charge on any atom is 0.304 e. The normalized spacial score (nSPS) is 18.4. The molecule has 1 nitrogen and oxygen atoms in total. The minimum Gasteiger partial charge on any atom is -0.262 e. The molecular formula is C5H10F2OS. The van der Waals surface area contributed by atoms with Crippen LogP contribution in [0.2, 0.25) is 0 Å². The maximum absolute atomic E-state index is 11.7. The van der Waals surface area contributed by atoms with E-state index in [1.165, 1.54) is 13.8 Å². The van der Waals surface area contributed by atoms with E-state index in [1.54, 1.807) is 0 Å². The number of hydrogen-bond donors (Lipinski definition) is 0. The van der Waals surface area contributed by atoms with Crippen molar-refractivity contribution in [3.8, 4) is 0 Å². The molecule has 0 spiro atoms. The first kappa shape index (κ1) is 8.88. The van der Waals surface area contributed by atoms with E-state index >= 15 is 0 Å². The minimum absolute atomic E-state index is 0.544. The van der Waals surface area contributed by atoms with Gasteiger partial charge in [-0.3, -0.25) is 4.21 Å². The molecule has 0 aliphatic rings. The van der Waals surface area contributed by atoms with Crippen LogP contribution in [0.25, 0.3) is 0 Å². The molecule has 0 saturated carbocycles. The lowest BCUT2D eigenvalue weighted by molar-refractivity contribution is 0.242. The van der Waals surface area contributed by atoms with Gasteiger partial charge in [-0.25, -0.2) is 0 Å². The molecule has 0 aromatic rings. The Morgan fingerprint density at radius 1 is 1.44 bits per heavy atom. The Bertz CT molecular complexity index is 155. The summed E-state index contributed by atoms with van der Waals surface area (Å²) in [6, 6.07) is 0. The summed E-state index contributed by atoms with van der Waals surface area (Å²) < 4.78 is 34.2. The Hall–Kier alpha value is -0.120. The highest BCUT2D eigenvalue weighted by atomic mass is 32.2. The lowest BCUT2D eigenvalue weighted by atomic mass is 10.6. The van der Waals surface area contributed by atoms with Crippen molar-refractivity contribution in [2.75, 3.05) is 0 Å². The molecule has 0 fully saturated rings. The van der Waals surface area contributed by atoms with Crippen LogP contribution in [0.4, 0.5) is 8.78 Å². The molecule has 0 aliphatic heterocycles. The van der Waals surface area contributed by atoms with Gasteiger partial charge in [0.2, 0.25) is 0 Å². The van der Waals surface area contributed by atoms with Crippen LogP contribution in [0.15, 0.2) is 0 Å². The van der Waals surface area contributed by atoms with Crippen molar-refractivity contribution in [1.82, 2.24) is 0 Å². The average Bonchev–Trinajstić information content (AvgIpc) is 1.65. The summed E-state index contributed by atoms with van der Waals surface area (Å²) >= 11 is 0. The predicted molar refractivity (Wildman–Crippen MR) is 36.4 cm³/mol. The molecule has 4 heteroatoms. The zero-order valence-corrected chi connectivity index (χ0v) is 6.25. The van der Waals surface area contributed by atoms with E-state index in [0.717, 1.165) is 0 Å². The highest BCUT2D eigenvalue weighted by Gasteiger charge is 2.20. The third-order valence-corrected chi connectivity index (χ3v) is 3.30. The van der Waals surface area contributed by atoms with Gasteiger partial charge in [0.15, 0.2) is 0 Å². The van der Waals surface area contributed by atoms with Crippen molar-refractivity contribution in [2.24, 2.45) is 0 Å². The molecule has 0 aromatic carbocycles. The van der Waals surface area contributed by atoms with E-state index in [9.17, 15) is 13.0 Å². The molecule has 1 atom stereocenters. The Morgan fingerprint density at radius 2 is 1.78 bits per heavy atom. The van der Waals surface area contributed by atoms with Gasteiger partial charge >= 0.3 is 5.76 Å². The molecule has 9 heavy (non-hydrogen) atoms. The van der Waals surface area contributed by atoms with Crippen LogP contribution >= 0.6 is 0 Å². The van der Waals surface area contributed by atoms with Crippen molar-refractivity contribution in [1.29, 1.82) is 0 Å². The summed E-state index contributed by atoms with van der Waals surface area (Å²) in [6.45, 7) is 2.95. The summed E-state index contributed by atoms with van der Waals surface area (Å²) in [5.74, 6) is 0.153. The smallest absolute Gasteiger partial charge is 0.262 e. The molecule has 0 amide bonds. The fraction of sp³-hybridized carbons (Fsp3) is 0.800. The summed E-state index contributed by atoms with van der Waals surface area (Å²) in [4.78, 5) is 0. The summed E-state index contributed by atoms with van der Waals surface area (Å²) in [6.07, 6.45) is 0. The predicted octanol–water partition coefficient (Wildman–Crippen LogP) is 1.33. The van der Waals surface area contributed by atoms with Gasteiger partial charge in [-0.1, -0.05) is 13.8 Å². The molecule has 0 N–H and O–H groups in total. The van der Waals surface area contributed by atoms with Crippen molar-refractivity contribution in [3.05, 3.63) is 0 Å². The quantitative estimate of drug-likeness (QED) is 0.551. The zero-order chi connectivity index (χ0) is 7.65. The van der Waals surface area contributed by atoms with Crippen molar-refractivity contribution in [3.63, 3.8) is 0 Å². The van der Waals surface area contributed by atoms with E-state index in [0.29, 0.717) is 0 Å². The van der Waals surface area contributed by atoms with Crippen LogP contribution in [-0.4, -0.2) is 21.1 Å². The summed E-state index contributed by atoms with van der Waals surface area (Å²) in [5.41, 5.74) is 0. The van der Waals surface area contributed by atoms with Crippen LogP contribution < -0.4 is 0 Å². The Kier molecular flexibility index (Phi) is 2.61. The molecule has 0 aliphatic carbocycles. The first-order chi connectivity index (χ1) is 3.89. The lowest BCUT2D eigenvalue weighted by Gasteiger charge is -2.10. The van der Waals surface area contributed by atoms with Gasteiger partial charge in [0.1, 0.15) is 0 Å². The average molecular weight is 156 g/mol. The van der Waals surface area contributed by atoms with Crippen LogP contribution in [-0.2, 0) is 9.52 Å². The third kappa shape index (κ3) is 1.93. The van der Waals surface area contributed by atoms with Crippen molar-refractivity contribution in [2.45, 2.75) is 24.9 Å². The van der Waals surface area contributed by atoms with E-state index in [1.807, 2.05) is 0 Å². The van der Waals surface area contributed by atoms with Gasteiger partial charge in [0, 0.05) is 14.8 Å². The molecule has 0 bridgehead atoms. The van der Waals surface area contributed by atoms with E-state index < -0.39 is 20.5 Å². The van der Waals surface area contributed by atoms with Gasteiger partial charge in [0.05, 0.1) is 0 Å². The van der Waals surface area contributed by atoms with Crippen LogP contribution in [0.1, 0.15) is 13.8 Å². The van der Waals surface area contributed by atoms with Crippen LogP contribution in [0.3, 0.4) is 0 Å². The van der Waals surface area contributed by atoms with Crippen molar-refractivity contribution >= 4 is 15.4 Å². The Morgan fingerprint density at radius 3 is 1.78 bits per heavy atom. The van der Waals surface area contributed by atoms with E-state index in [4.69, 9.17) is 0 Å². The largest absolute Gasteiger partial charge is 0.304 e. The molecule has 0 aromatic heterocycles. The summed E-state index contributed by atoms with van der Waals surface area (Å²) in [5, 5.41) is -0.544. The van der Waals surface area contributed by atoms with Gasteiger partial charge < -0.3 is 0 Å². The van der Waals surface area contributed by atoms with Gasteiger partial charge in [0.25, 0.3) is 0 Å². The van der Waals surface area contributed by atoms with Gasteiger partial charge in [-0.15, -0.1) is 0 Å². The molecule has 56 valence electrons. The molecule has 1 unspecified atom stereocenters. The Labute approximate surface area is 54.1 Å². The van der Waals surface area contributed by atoms with E-state index in [2.05, 4.69) is 5.87 Å². The number of hydrogen-bond acceptors (Lipinski definition) is 1. The van der Waals surface area contributed by atoms with Crippen LogP contribution in [0, 0.1) is 0 Å². The maximum atomic E-state index is 11.7. The molecule has 0 radical (unpaired) electrons. The Balaban J connectivity index is 4.42. The van der Waals surface area contributed by atoms with E-state index in [-0.39, 0.29) is 0 Å². The molecule has 0 heterocycles. The fourth-order valence-electron chi connectivity index (χ4n) is 0.206.